The third-order valence-electron chi connectivity index (χ3n) is 2.67. The molecule has 0 aromatic rings. The van der Waals surface area contributed by atoms with Gasteiger partial charge in [-0.25, -0.2) is 0 Å². The van der Waals surface area contributed by atoms with Crippen LogP contribution in [0.5, 0.6) is 0 Å². The minimum absolute atomic E-state index is 0.0291. The van der Waals surface area contributed by atoms with E-state index in [1.54, 1.807) is 6.07 Å². The maximum Gasteiger partial charge on any atom is 0.289 e. The van der Waals surface area contributed by atoms with E-state index in [1.807, 2.05) is 13.8 Å². The Hall–Kier alpha value is -2.10. The Labute approximate surface area is 105 Å². The highest BCUT2D eigenvalue weighted by Crippen LogP contribution is 2.22. The lowest BCUT2D eigenvalue weighted by Gasteiger charge is -2.15. The van der Waals surface area contributed by atoms with Crippen LogP contribution in [0.4, 0.5) is 0 Å². The number of hydrogen-bond acceptors (Lipinski definition) is 6. The number of nitrogens with zero attached hydrogens (tertiary/aromatic N) is 3. The third-order valence-corrected chi connectivity index (χ3v) is 2.67. The molecule has 18 heavy (non-hydrogen) atoms. The molecule has 98 valence electrons. The van der Waals surface area contributed by atoms with E-state index in [9.17, 15) is 4.79 Å². The van der Waals surface area contributed by atoms with E-state index >= 15 is 0 Å². The summed E-state index contributed by atoms with van der Waals surface area (Å²) >= 11 is 0. The average Bonchev–Trinajstić information content (AvgIpc) is 2.77. The van der Waals surface area contributed by atoms with E-state index in [0.29, 0.717) is 5.84 Å². The maximum absolute atomic E-state index is 11.7. The molecule has 0 aromatic carbocycles. The van der Waals surface area contributed by atoms with Crippen LogP contribution >= 0.6 is 0 Å². The predicted molar refractivity (Wildman–Crippen MR) is 64.6 cm³/mol. The topological polar surface area (TPSA) is 96.1 Å². The second kappa shape index (κ2) is 6.59. The van der Waals surface area contributed by atoms with Gasteiger partial charge in [0.25, 0.3) is 5.91 Å². The van der Waals surface area contributed by atoms with Gasteiger partial charge in [-0.3, -0.25) is 4.79 Å². The lowest BCUT2D eigenvalue weighted by molar-refractivity contribution is -0.113. The Morgan fingerprint density at radius 2 is 2.33 bits per heavy atom. The molecule has 0 bridgehead atoms. The van der Waals surface area contributed by atoms with Gasteiger partial charge < -0.3 is 15.0 Å². The molecule has 1 N–H and O–H groups in total. The first-order chi connectivity index (χ1) is 8.67. The fourth-order valence-electron chi connectivity index (χ4n) is 1.75. The lowest BCUT2D eigenvalue weighted by Crippen LogP contribution is -2.40. The molecule has 1 amide bonds. The van der Waals surface area contributed by atoms with Crippen molar-refractivity contribution in [3.05, 3.63) is 0 Å². The molecule has 0 saturated heterocycles. The van der Waals surface area contributed by atoms with Crippen LogP contribution in [0.3, 0.4) is 0 Å². The van der Waals surface area contributed by atoms with E-state index in [4.69, 9.17) is 10.1 Å². The molecule has 0 fully saturated rings. The third kappa shape index (κ3) is 2.97. The molecule has 0 radical (unpaired) electrons. The van der Waals surface area contributed by atoms with E-state index < -0.39 is 5.91 Å². The lowest BCUT2D eigenvalue weighted by atomic mass is 9.97. The summed E-state index contributed by atoms with van der Waals surface area (Å²) in [6, 6.07) is 1.65. The van der Waals surface area contributed by atoms with Gasteiger partial charge in [-0.15, -0.1) is 0 Å². The standard InChI is InChI=1S/C11H16N4O3/c1-4-7-9(5-2)18-15-10(7)13-11(16)8(6-12)14-17-3/h7,9H,4-5H2,1-3H3,(H,13,15,16)/b14-8+. The van der Waals surface area contributed by atoms with Crippen molar-refractivity contribution in [2.24, 2.45) is 16.2 Å². The van der Waals surface area contributed by atoms with E-state index in [1.165, 1.54) is 7.11 Å². The molecule has 1 rings (SSSR count). The summed E-state index contributed by atoms with van der Waals surface area (Å²) < 4.78 is 0. The molecule has 7 heteroatoms. The molecule has 1 heterocycles. The monoisotopic (exact) mass is 252 g/mol. The summed E-state index contributed by atoms with van der Waals surface area (Å²) in [4.78, 5) is 21.3. The van der Waals surface area contributed by atoms with Crippen LogP contribution in [0.15, 0.2) is 10.3 Å². The second-order valence-electron chi connectivity index (χ2n) is 3.73. The Kier molecular flexibility index (Phi) is 5.11. The van der Waals surface area contributed by atoms with Gasteiger partial charge >= 0.3 is 0 Å². The SMILES string of the molecule is CCC1ON=C(NC(=O)/C(C#N)=N/OC)C1CC. The van der Waals surface area contributed by atoms with Gasteiger partial charge in [0.1, 0.15) is 19.3 Å². The van der Waals surface area contributed by atoms with Crippen molar-refractivity contribution in [3.8, 4) is 6.07 Å². The molecule has 1 aliphatic rings. The number of carbonyl (C=O) groups is 1. The summed E-state index contributed by atoms with van der Waals surface area (Å²) in [6.45, 7) is 3.97. The molecule has 0 aliphatic carbocycles. The van der Waals surface area contributed by atoms with Crippen LogP contribution in [0.1, 0.15) is 26.7 Å². The van der Waals surface area contributed by atoms with Gasteiger partial charge in [0.05, 0.1) is 5.92 Å². The first kappa shape index (κ1) is 14.0. The van der Waals surface area contributed by atoms with Crippen molar-refractivity contribution in [2.45, 2.75) is 32.8 Å². The number of oxime groups is 2. The van der Waals surface area contributed by atoms with Crippen LogP contribution in [0, 0.1) is 17.2 Å². The number of carbonyl (C=O) groups excluding carboxylic acids is 1. The first-order valence-corrected chi connectivity index (χ1v) is 5.74. The number of nitrogens with one attached hydrogen (secondary N) is 1. The Morgan fingerprint density at radius 1 is 1.61 bits per heavy atom. The van der Waals surface area contributed by atoms with E-state index in [2.05, 4.69) is 20.5 Å². The number of nitriles is 1. The van der Waals surface area contributed by atoms with Gasteiger partial charge in [0, 0.05) is 0 Å². The van der Waals surface area contributed by atoms with Gasteiger partial charge in [-0.2, -0.15) is 5.26 Å². The molecular weight excluding hydrogens is 236 g/mol. The quantitative estimate of drug-likeness (QED) is 0.590. The van der Waals surface area contributed by atoms with Crippen molar-refractivity contribution in [1.82, 2.24) is 5.32 Å². The van der Waals surface area contributed by atoms with Gasteiger partial charge in [-0.05, 0) is 12.8 Å². The Balaban J connectivity index is 2.71. The highest BCUT2D eigenvalue weighted by molar-refractivity contribution is 6.47. The Bertz CT molecular complexity index is 411. The van der Waals surface area contributed by atoms with Crippen LogP contribution in [0.2, 0.25) is 0 Å². The smallest absolute Gasteiger partial charge is 0.289 e. The van der Waals surface area contributed by atoms with Crippen molar-refractivity contribution < 1.29 is 14.5 Å². The highest BCUT2D eigenvalue weighted by atomic mass is 16.6. The molecule has 1 aliphatic heterocycles. The number of amides is 1. The fourth-order valence-corrected chi connectivity index (χ4v) is 1.75. The summed E-state index contributed by atoms with van der Waals surface area (Å²) in [5, 5.41) is 18.4. The summed E-state index contributed by atoms with van der Waals surface area (Å²) in [5.41, 5.74) is -0.352. The molecule has 2 atom stereocenters. The largest absolute Gasteiger partial charge is 0.398 e. The summed E-state index contributed by atoms with van der Waals surface area (Å²) in [7, 11) is 1.27. The Morgan fingerprint density at radius 3 is 2.83 bits per heavy atom. The molecule has 0 spiro atoms. The van der Waals surface area contributed by atoms with Crippen molar-refractivity contribution in [2.75, 3.05) is 7.11 Å². The molecule has 2 unspecified atom stereocenters. The first-order valence-electron chi connectivity index (χ1n) is 5.74. The van der Waals surface area contributed by atoms with Gasteiger partial charge in [-0.1, -0.05) is 24.2 Å². The zero-order valence-corrected chi connectivity index (χ0v) is 10.6. The summed E-state index contributed by atoms with van der Waals surface area (Å²) in [5.74, 6) is -0.174. The molecule has 0 saturated carbocycles. The molecular formula is C11H16N4O3. The minimum atomic E-state index is -0.642. The second-order valence-corrected chi connectivity index (χ2v) is 3.73. The number of rotatable bonds is 4. The minimum Gasteiger partial charge on any atom is -0.398 e. The van der Waals surface area contributed by atoms with Crippen LogP contribution in [-0.2, 0) is 14.5 Å². The van der Waals surface area contributed by atoms with E-state index in [-0.39, 0.29) is 17.7 Å². The van der Waals surface area contributed by atoms with Gasteiger partial charge in [0.2, 0.25) is 5.71 Å². The molecule has 7 nitrogen and oxygen atoms in total. The predicted octanol–water partition coefficient (Wildman–Crippen LogP) is 0.777. The zero-order chi connectivity index (χ0) is 13.5. The van der Waals surface area contributed by atoms with Crippen molar-refractivity contribution in [3.63, 3.8) is 0 Å². The summed E-state index contributed by atoms with van der Waals surface area (Å²) in [6.07, 6.45) is 1.56. The van der Waals surface area contributed by atoms with Crippen LogP contribution in [-0.4, -0.2) is 30.7 Å². The van der Waals surface area contributed by atoms with Crippen molar-refractivity contribution >= 4 is 17.5 Å². The number of amidine groups is 1. The maximum atomic E-state index is 11.7. The fraction of sp³-hybridized carbons (Fsp3) is 0.636. The zero-order valence-electron chi connectivity index (χ0n) is 10.6. The van der Waals surface area contributed by atoms with Crippen LogP contribution in [0.25, 0.3) is 0 Å². The number of hydrogen-bond donors (Lipinski definition) is 1. The average molecular weight is 252 g/mol. The van der Waals surface area contributed by atoms with Crippen molar-refractivity contribution in [1.29, 1.82) is 5.26 Å². The van der Waals surface area contributed by atoms with Crippen LogP contribution < -0.4 is 5.32 Å². The normalized spacial score (nSPS) is 22.8. The van der Waals surface area contributed by atoms with E-state index in [0.717, 1.165) is 12.8 Å². The highest BCUT2D eigenvalue weighted by Gasteiger charge is 2.33. The molecule has 0 aromatic heterocycles. The van der Waals surface area contributed by atoms with Gasteiger partial charge in [0.15, 0.2) is 5.84 Å².